The van der Waals surface area contributed by atoms with Gasteiger partial charge in [-0.1, -0.05) is 0 Å². The van der Waals surface area contributed by atoms with Crippen LogP contribution in [0.1, 0.15) is 10.4 Å². The molecule has 0 bridgehead atoms. The summed E-state index contributed by atoms with van der Waals surface area (Å²) in [5.41, 5.74) is 4.70. The summed E-state index contributed by atoms with van der Waals surface area (Å²) in [5.74, 6) is -1.51. The third-order valence-corrected chi connectivity index (χ3v) is 1.52. The van der Waals surface area contributed by atoms with Crippen molar-refractivity contribution in [2.75, 3.05) is 0 Å². The SMILES string of the molecule is NC(=O)c1cc(Br)ncc1F. The molecule has 2 N–H and O–H groups in total. The Balaban J connectivity index is 3.23. The number of rotatable bonds is 1. The molecule has 0 radical (unpaired) electrons. The molecule has 0 fully saturated rings. The molecule has 11 heavy (non-hydrogen) atoms. The van der Waals surface area contributed by atoms with Crippen LogP contribution in [0.3, 0.4) is 0 Å². The first-order chi connectivity index (χ1) is 5.11. The number of hydrogen-bond acceptors (Lipinski definition) is 2. The van der Waals surface area contributed by atoms with E-state index in [-0.39, 0.29) is 5.56 Å². The van der Waals surface area contributed by atoms with Crippen molar-refractivity contribution in [1.82, 2.24) is 4.98 Å². The smallest absolute Gasteiger partial charge is 0.251 e. The zero-order valence-corrected chi connectivity index (χ0v) is 6.93. The Hall–Kier alpha value is -0.970. The van der Waals surface area contributed by atoms with E-state index in [4.69, 9.17) is 5.73 Å². The van der Waals surface area contributed by atoms with Crippen LogP contribution in [0.4, 0.5) is 4.39 Å². The van der Waals surface area contributed by atoms with Crippen LogP contribution in [-0.2, 0) is 0 Å². The lowest BCUT2D eigenvalue weighted by Crippen LogP contribution is -2.13. The van der Waals surface area contributed by atoms with Crippen molar-refractivity contribution in [3.8, 4) is 0 Å². The summed E-state index contributed by atoms with van der Waals surface area (Å²) < 4.78 is 13.0. The van der Waals surface area contributed by atoms with Crippen LogP contribution in [-0.4, -0.2) is 10.9 Å². The Bertz CT molecular complexity index is 303. The molecule has 0 aliphatic rings. The first-order valence-electron chi connectivity index (χ1n) is 2.72. The van der Waals surface area contributed by atoms with Gasteiger partial charge in [-0.15, -0.1) is 0 Å². The molecule has 1 aromatic heterocycles. The number of aromatic nitrogens is 1. The zero-order chi connectivity index (χ0) is 8.43. The summed E-state index contributed by atoms with van der Waals surface area (Å²) in [6.45, 7) is 0. The number of amides is 1. The van der Waals surface area contributed by atoms with E-state index in [9.17, 15) is 9.18 Å². The third kappa shape index (κ3) is 1.74. The van der Waals surface area contributed by atoms with E-state index in [1.54, 1.807) is 0 Å². The number of carbonyl (C=O) groups is 1. The number of halogens is 2. The summed E-state index contributed by atoms with van der Waals surface area (Å²) in [6, 6.07) is 1.23. The minimum atomic E-state index is -0.800. The average molecular weight is 219 g/mol. The van der Waals surface area contributed by atoms with Gasteiger partial charge in [0.25, 0.3) is 5.91 Å². The van der Waals surface area contributed by atoms with Gasteiger partial charge in [-0.25, -0.2) is 9.37 Å². The van der Waals surface area contributed by atoms with Crippen molar-refractivity contribution in [2.24, 2.45) is 5.73 Å². The van der Waals surface area contributed by atoms with Crippen LogP contribution < -0.4 is 5.73 Å². The van der Waals surface area contributed by atoms with Crippen LogP contribution in [0, 0.1) is 5.82 Å². The molecule has 1 heterocycles. The summed E-state index contributed by atoms with van der Waals surface area (Å²) >= 11 is 2.98. The molecular formula is C6H4BrFN2O. The molecule has 0 saturated heterocycles. The molecule has 1 rings (SSSR count). The second-order valence-corrected chi connectivity index (χ2v) is 2.66. The van der Waals surface area contributed by atoms with Crippen LogP contribution in [0.2, 0.25) is 0 Å². The van der Waals surface area contributed by atoms with Crippen molar-refractivity contribution < 1.29 is 9.18 Å². The van der Waals surface area contributed by atoms with Crippen molar-refractivity contribution in [1.29, 1.82) is 0 Å². The molecule has 3 nitrogen and oxygen atoms in total. The van der Waals surface area contributed by atoms with Crippen LogP contribution in [0.25, 0.3) is 0 Å². The van der Waals surface area contributed by atoms with Gasteiger partial charge >= 0.3 is 0 Å². The van der Waals surface area contributed by atoms with Crippen LogP contribution >= 0.6 is 15.9 Å². The molecule has 0 spiro atoms. The predicted molar refractivity (Wildman–Crippen MR) is 40.4 cm³/mol. The molecular weight excluding hydrogens is 215 g/mol. The van der Waals surface area contributed by atoms with Gasteiger partial charge in [-0.05, 0) is 22.0 Å². The molecule has 1 aromatic rings. The highest BCUT2D eigenvalue weighted by molar-refractivity contribution is 9.10. The Morgan fingerprint density at radius 1 is 1.73 bits per heavy atom. The number of pyridine rings is 1. The lowest BCUT2D eigenvalue weighted by atomic mass is 10.2. The van der Waals surface area contributed by atoms with Crippen LogP contribution in [0.5, 0.6) is 0 Å². The van der Waals surface area contributed by atoms with E-state index in [1.807, 2.05) is 0 Å². The fourth-order valence-corrected chi connectivity index (χ4v) is 0.933. The lowest BCUT2D eigenvalue weighted by Gasteiger charge is -1.96. The number of nitrogens with zero attached hydrogens (tertiary/aromatic N) is 1. The van der Waals surface area contributed by atoms with Gasteiger partial charge in [-0.2, -0.15) is 0 Å². The maximum absolute atomic E-state index is 12.6. The number of primary amides is 1. The normalized spacial score (nSPS) is 9.64. The molecule has 1 amide bonds. The van der Waals surface area contributed by atoms with Gasteiger partial charge in [0.05, 0.1) is 11.8 Å². The number of hydrogen-bond donors (Lipinski definition) is 1. The molecule has 5 heteroatoms. The Labute approximate surface area is 70.6 Å². The van der Waals surface area contributed by atoms with Crippen molar-refractivity contribution in [3.63, 3.8) is 0 Å². The topological polar surface area (TPSA) is 56.0 Å². The number of nitrogens with two attached hydrogens (primary N) is 1. The quantitative estimate of drug-likeness (QED) is 0.718. The highest BCUT2D eigenvalue weighted by Gasteiger charge is 2.08. The average Bonchev–Trinajstić information content (AvgIpc) is 1.94. The Kier molecular flexibility index (Phi) is 2.19. The molecule has 0 saturated carbocycles. The molecule has 0 atom stereocenters. The summed E-state index contributed by atoms with van der Waals surface area (Å²) in [7, 11) is 0. The molecule has 0 aromatic carbocycles. The highest BCUT2D eigenvalue weighted by Crippen LogP contribution is 2.11. The summed E-state index contributed by atoms with van der Waals surface area (Å²) in [6.07, 6.45) is 0.935. The summed E-state index contributed by atoms with van der Waals surface area (Å²) in [4.78, 5) is 14.1. The molecule has 0 aliphatic heterocycles. The second-order valence-electron chi connectivity index (χ2n) is 1.85. The zero-order valence-electron chi connectivity index (χ0n) is 5.34. The van der Waals surface area contributed by atoms with Gasteiger partial charge < -0.3 is 5.73 Å². The Morgan fingerprint density at radius 2 is 2.36 bits per heavy atom. The maximum atomic E-state index is 12.6. The van der Waals surface area contributed by atoms with Crippen molar-refractivity contribution in [2.45, 2.75) is 0 Å². The van der Waals surface area contributed by atoms with E-state index >= 15 is 0 Å². The molecule has 58 valence electrons. The van der Waals surface area contributed by atoms with Gasteiger partial charge in [0.1, 0.15) is 4.60 Å². The first kappa shape index (κ1) is 8.13. The van der Waals surface area contributed by atoms with E-state index in [1.165, 1.54) is 6.07 Å². The lowest BCUT2D eigenvalue weighted by molar-refractivity contribution is 0.0996. The number of carbonyl (C=O) groups excluding carboxylic acids is 1. The highest BCUT2D eigenvalue weighted by atomic mass is 79.9. The minimum absolute atomic E-state index is 0.160. The van der Waals surface area contributed by atoms with Crippen LogP contribution in [0.15, 0.2) is 16.9 Å². The van der Waals surface area contributed by atoms with E-state index in [2.05, 4.69) is 20.9 Å². The van der Waals surface area contributed by atoms with Gasteiger partial charge in [-0.3, -0.25) is 4.79 Å². The van der Waals surface area contributed by atoms with Crippen molar-refractivity contribution in [3.05, 3.63) is 28.2 Å². The fourth-order valence-electron chi connectivity index (χ4n) is 0.602. The molecule has 0 unspecified atom stereocenters. The van der Waals surface area contributed by atoms with Gasteiger partial charge in [0, 0.05) is 0 Å². The maximum Gasteiger partial charge on any atom is 0.251 e. The first-order valence-corrected chi connectivity index (χ1v) is 3.51. The third-order valence-electron chi connectivity index (χ3n) is 1.09. The van der Waals surface area contributed by atoms with Crippen molar-refractivity contribution >= 4 is 21.8 Å². The van der Waals surface area contributed by atoms with E-state index in [0.717, 1.165) is 6.20 Å². The largest absolute Gasteiger partial charge is 0.366 e. The van der Waals surface area contributed by atoms with E-state index < -0.39 is 11.7 Å². The fraction of sp³-hybridized carbons (Fsp3) is 0. The second kappa shape index (κ2) is 2.96. The standard InChI is InChI=1S/C6H4BrFN2O/c7-5-1-3(6(9)11)4(8)2-10-5/h1-2H,(H2,9,11). The van der Waals surface area contributed by atoms with Gasteiger partial charge in [0.2, 0.25) is 0 Å². The van der Waals surface area contributed by atoms with E-state index in [0.29, 0.717) is 4.60 Å². The molecule has 0 aliphatic carbocycles. The predicted octanol–water partition coefficient (Wildman–Crippen LogP) is 1.08. The summed E-state index contributed by atoms with van der Waals surface area (Å²) in [5, 5.41) is 0. The van der Waals surface area contributed by atoms with Gasteiger partial charge in [0.15, 0.2) is 5.82 Å². The Morgan fingerprint density at radius 3 is 2.82 bits per heavy atom. The minimum Gasteiger partial charge on any atom is -0.366 e. The monoisotopic (exact) mass is 218 g/mol.